The Morgan fingerprint density at radius 1 is 1.44 bits per heavy atom. The lowest BCUT2D eigenvalue weighted by molar-refractivity contribution is 0.0601. The zero-order valence-corrected chi connectivity index (χ0v) is 11.2. The smallest absolute Gasteiger partial charge is 0.340 e. The van der Waals surface area contributed by atoms with Gasteiger partial charge >= 0.3 is 5.97 Å². The predicted molar refractivity (Wildman–Crippen MR) is 71.8 cm³/mol. The maximum atomic E-state index is 11.5. The molecule has 100 valence electrons. The maximum Gasteiger partial charge on any atom is 0.340 e. The molecule has 1 rings (SSSR count). The number of nitrogen functional groups attached to an aromatic ring is 1. The molecule has 0 aliphatic rings. The molecule has 0 amide bonds. The van der Waals surface area contributed by atoms with E-state index in [1.165, 1.54) is 7.11 Å². The van der Waals surface area contributed by atoms with Crippen molar-refractivity contribution in [1.82, 2.24) is 0 Å². The van der Waals surface area contributed by atoms with Crippen molar-refractivity contribution >= 4 is 11.7 Å². The summed E-state index contributed by atoms with van der Waals surface area (Å²) in [6.07, 6.45) is 2.26. The lowest BCUT2D eigenvalue weighted by Crippen LogP contribution is -2.10. The van der Waals surface area contributed by atoms with Crippen molar-refractivity contribution in [3.63, 3.8) is 0 Å². The first kappa shape index (κ1) is 14.4. The minimum atomic E-state index is -0.445. The fraction of sp³-hybridized carbons (Fsp3) is 0.500. The van der Waals surface area contributed by atoms with Crippen molar-refractivity contribution in [2.75, 3.05) is 19.5 Å². The molecule has 0 aliphatic heterocycles. The number of methoxy groups -OCH3 is 1. The van der Waals surface area contributed by atoms with Crippen molar-refractivity contribution < 1.29 is 14.3 Å². The van der Waals surface area contributed by atoms with Crippen LogP contribution in [0.3, 0.4) is 0 Å². The summed E-state index contributed by atoms with van der Waals surface area (Å²) in [5.74, 6) is 0.696. The van der Waals surface area contributed by atoms with Crippen LogP contribution in [0, 0.1) is 5.92 Å². The SMILES string of the molecule is CCCC(C)COc1ccc(N)c(C(=O)OC)c1. The Morgan fingerprint density at radius 2 is 2.17 bits per heavy atom. The number of carbonyl (C=O) groups excluding carboxylic acids is 1. The topological polar surface area (TPSA) is 61.5 Å². The summed E-state index contributed by atoms with van der Waals surface area (Å²) in [7, 11) is 1.33. The van der Waals surface area contributed by atoms with E-state index < -0.39 is 5.97 Å². The van der Waals surface area contributed by atoms with Gasteiger partial charge in [0.15, 0.2) is 0 Å². The van der Waals surface area contributed by atoms with E-state index in [-0.39, 0.29) is 0 Å². The molecule has 1 aromatic rings. The number of benzene rings is 1. The minimum Gasteiger partial charge on any atom is -0.493 e. The number of anilines is 1. The molecule has 4 heteroatoms. The Balaban J connectivity index is 2.70. The highest BCUT2D eigenvalue weighted by atomic mass is 16.5. The number of carbonyl (C=O) groups is 1. The Bertz CT molecular complexity index is 404. The van der Waals surface area contributed by atoms with Crippen molar-refractivity contribution in [3.05, 3.63) is 23.8 Å². The zero-order valence-electron chi connectivity index (χ0n) is 11.2. The summed E-state index contributed by atoms with van der Waals surface area (Å²) in [4.78, 5) is 11.5. The molecule has 1 unspecified atom stereocenters. The van der Waals surface area contributed by atoms with Crippen LogP contribution < -0.4 is 10.5 Å². The first-order valence-corrected chi connectivity index (χ1v) is 6.19. The number of hydrogen-bond acceptors (Lipinski definition) is 4. The van der Waals surface area contributed by atoms with E-state index in [1.54, 1.807) is 18.2 Å². The van der Waals surface area contributed by atoms with Crippen LogP contribution >= 0.6 is 0 Å². The lowest BCUT2D eigenvalue weighted by Gasteiger charge is -2.13. The van der Waals surface area contributed by atoms with Gasteiger partial charge in [0.1, 0.15) is 5.75 Å². The van der Waals surface area contributed by atoms with Crippen molar-refractivity contribution in [2.24, 2.45) is 5.92 Å². The minimum absolute atomic E-state index is 0.346. The van der Waals surface area contributed by atoms with Crippen LogP contribution in [0.1, 0.15) is 37.0 Å². The Hall–Kier alpha value is -1.71. The number of ether oxygens (including phenoxy) is 2. The van der Waals surface area contributed by atoms with E-state index in [9.17, 15) is 4.79 Å². The maximum absolute atomic E-state index is 11.5. The summed E-state index contributed by atoms with van der Waals surface area (Å²) in [5, 5.41) is 0. The highest BCUT2D eigenvalue weighted by molar-refractivity contribution is 5.95. The summed E-state index contributed by atoms with van der Waals surface area (Å²) in [5.41, 5.74) is 6.46. The molecule has 2 N–H and O–H groups in total. The van der Waals surface area contributed by atoms with Crippen LogP contribution in [0.5, 0.6) is 5.75 Å². The molecular weight excluding hydrogens is 230 g/mol. The van der Waals surface area contributed by atoms with Gasteiger partial charge in [-0.3, -0.25) is 0 Å². The molecule has 0 aliphatic carbocycles. The molecule has 0 radical (unpaired) electrons. The summed E-state index contributed by atoms with van der Waals surface area (Å²) in [6.45, 7) is 4.93. The van der Waals surface area contributed by atoms with E-state index >= 15 is 0 Å². The molecule has 0 saturated heterocycles. The molecule has 0 heterocycles. The predicted octanol–water partition coefficient (Wildman–Crippen LogP) is 2.87. The number of rotatable bonds is 6. The standard InChI is InChI=1S/C14H21NO3/c1-4-5-10(2)9-18-11-6-7-13(15)12(8-11)14(16)17-3/h6-8,10H,4-5,9,15H2,1-3H3. The van der Waals surface area contributed by atoms with Crippen LogP contribution in [0.15, 0.2) is 18.2 Å². The highest BCUT2D eigenvalue weighted by Gasteiger charge is 2.11. The van der Waals surface area contributed by atoms with Gasteiger partial charge in [-0.15, -0.1) is 0 Å². The number of hydrogen-bond donors (Lipinski definition) is 1. The summed E-state index contributed by atoms with van der Waals surface area (Å²) < 4.78 is 10.3. The van der Waals surface area contributed by atoms with E-state index in [0.29, 0.717) is 29.5 Å². The van der Waals surface area contributed by atoms with Gasteiger partial charge in [-0.1, -0.05) is 20.3 Å². The normalized spacial score (nSPS) is 11.9. The van der Waals surface area contributed by atoms with Crippen molar-refractivity contribution in [3.8, 4) is 5.75 Å². The molecule has 0 spiro atoms. The second-order valence-electron chi connectivity index (χ2n) is 4.45. The van der Waals surface area contributed by atoms with Crippen LogP contribution in [0.4, 0.5) is 5.69 Å². The summed E-state index contributed by atoms with van der Waals surface area (Å²) in [6, 6.07) is 5.05. The molecule has 18 heavy (non-hydrogen) atoms. The number of esters is 1. The Morgan fingerprint density at radius 3 is 2.78 bits per heavy atom. The summed E-state index contributed by atoms with van der Waals surface area (Å²) >= 11 is 0. The van der Waals surface area contributed by atoms with E-state index in [2.05, 4.69) is 18.6 Å². The van der Waals surface area contributed by atoms with Gasteiger partial charge in [-0.05, 0) is 30.5 Å². The van der Waals surface area contributed by atoms with Gasteiger partial charge in [-0.2, -0.15) is 0 Å². The molecule has 1 atom stereocenters. The molecule has 0 saturated carbocycles. The van der Waals surface area contributed by atoms with E-state index in [4.69, 9.17) is 10.5 Å². The first-order valence-electron chi connectivity index (χ1n) is 6.19. The van der Waals surface area contributed by atoms with Gasteiger partial charge < -0.3 is 15.2 Å². The van der Waals surface area contributed by atoms with Crippen molar-refractivity contribution in [2.45, 2.75) is 26.7 Å². The quantitative estimate of drug-likeness (QED) is 0.623. The Kier molecular flexibility index (Phi) is 5.49. The van der Waals surface area contributed by atoms with E-state index in [1.807, 2.05) is 0 Å². The molecule has 0 fully saturated rings. The first-order chi connectivity index (χ1) is 8.58. The lowest BCUT2D eigenvalue weighted by atomic mass is 10.1. The van der Waals surface area contributed by atoms with Gasteiger partial charge in [-0.25, -0.2) is 4.79 Å². The van der Waals surface area contributed by atoms with Crippen molar-refractivity contribution in [1.29, 1.82) is 0 Å². The molecular formula is C14H21NO3. The van der Waals surface area contributed by atoms with Crippen LogP contribution in [-0.4, -0.2) is 19.7 Å². The largest absolute Gasteiger partial charge is 0.493 e. The van der Waals surface area contributed by atoms with Crippen LogP contribution in [-0.2, 0) is 4.74 Å². The third kappa shape index (κ3) is 3.95. The molecule has 4 nitrogen and oxygen atoms in total. The highest BCUT2D eigenvalue weighted by Crippen LogP contribution is 2.21. The van der Waals surface area contributed by atoms with E-state index in [0.717, 1.165) is 12.8 Å². The number of nitrogens with two attached hydrogens (primary N) is 1. The molecule has 1 aromatic carbocycles. The van der Waals surface area contributed by atoms with Crippen LogP contribution in [0.2, 0.25) is 0 Å². The third-order valence-corrected chi connectivity index (χ3v) is 2.75. The fourth-order valence-corrected chi connectivity index (χ4v) is 1.73. The second-order valence-corrected chi connectivity index (χ2v) is 4.45. The third-order valence-electron chi connectivity index (χ3n) is 2.75. The van der Waals surface area contributed by atoms with Gasteiger partial charge in [0.05, 0.1) is 19.3 Å². The zero-order chi connectivity index (χ0) is 13.5. The second kappa shape index (κ2) is 6.89. The fourth-order valence-electron chi connectivity index (χ4n) is 1.73. The van der Waals surface area contributed by atoms with Gasteiger partial charge in [0, 0.05) is 5.69 Å². The average molecular weight is 251 g/mol. The van der Waals surface area contributed by atoms with Gasteiger partial charge in [0.25, 0.3) is 0 Å². The molecule has 0 aromatic heterocycles. The average Bonchev–Trinajstić information content (AvgIpc) is 2.37. The monoisotopic (exact) mass is 251 g/mol. The van der Waals surface area contributed by atoms with Crippen LogP contribution in [0.25, 0.3) is 0 Å². The van der Waals surface area contributed by atoms with Gasteiger partial charge in [0.2, 0.25) is 0 Å². The molecule has 0 bridgehead atoms. The Labute approximate surface area is 108 Å².